The molecular weight excluding hydrogens is 282 g/mol. The van der Waals surface area contributed by atoms with Crippen LogP contribution in [0.15, 0.2) is 30.3 Å². The summed E-state index contributed by atoms with van der Waals surface area (Å²) in [4.78, 5) is 23.4. The Balaban J connectivity index is 2.24. The largest absolute Gasteiger partial charge is 0.484 e. The molecule has 0 radical (unpaired) electrons. The number of carbonyl (C=O) groups is 2. The van der Waals surface area contributed by atoms with Gasteiger partial charge in [-0.25, -0.2) is 0 Å². The van der Waals surface area contributed by atoms with Gasteiger partial charge >= 0.3 is 0 Å². The quantitative estimate of drug-likeness (QED) is 0.625. The Morgan fingerprint density at radius 1 is 1.18 bits per heavy atom. The molecule has 0 aromatic heterocycles. The molecular formula is C16H25N3O3. The van der Waals surface area contributed by atoms with Gasteiger partial charge in [0.15, 0.2) is 6.61 Å². The topological polar surface area (TPSA) is 93.5 Å². The van der Waals surface area contributed by atoms with E-state index in [9.17, 15) is 9.59 Å². The summed E-state index contributed by atoms with van der Waals surface area (Å²) in [6, 6.07) is 8.97. The first kappa shape index (κ1) is 18.0. The van der Waals surface area contributed by atoms with Crippen LogP contribution in [0.1, 0.15) is 20.3 Å². The molecule has 6 nitrogen and oxygen atoms in total. The average molecular weight is 307 g/mol. The van der Waals surface area contributed by atoms with Crippen LogP contribution in [0, 0.1) is 5.92 Å². The van der Waals surface area contributed by atoms with Gasteiger partial charge in [0, 0.05) is 12.6 Å². The van der Waals surface area contributed by atoms with Crippen molar-refractivity contribution in [3.05, 3.63) is 30.3 Å². The summed E-state index contributed by atoms with van der Waals surface area (Å²) < 4.78 is 5.29. The number of nitrogens with two attached hydrogens (primary N) is 1. The molecule has 4 N–H and O–H groups in total. The first-order valence-electron chi connectivity index (χ1n) is 7.45. The van der Waals surface area contributed by atoms with Gasteiger partial charge in [-0.1, -0.05) is 32.0 Å². The van der Waals surface area contributed by atoms with Crippen LogP contribution in [-0.4, -0.2) is 37.6 Å². The van der Waals surface area contributed by atoms with Gasteiger partial charge in [0.1, 0.15) is 5.75 Å². The second kappa shape index (κ2) is 9.78. The second-order valence-corrected chi connectivity index (χ2v) is 5.51. The normalized spacial score (nSPS) is 11.8. The van der Waals surface area contributed by atoms with Crippen LogP contribution in [0.5, 0.6) is 5.75 Å². The zero-order valence-corrected chi connectivity index (χ0v) is 13.2. The van der Waals surface area contributed by atoms with Gasteiger partial charge in [-0.05, 0) is 24.5 Å². The number of hydrogen-bond acceptors (Lipinski definition) is 4. The van der Waals surface area contributed by atoms with E-state index in [1.807, 2.05) is 18.2 Å². The summed E-state index contributed by atoms with van der Waals surface area (Å²) >= 11 is 0. The number of rotatable bonds is 9. The molecule has 1 unspecified atom stereocenters. The maximum absolute atomic E-state index is 11.8. The molecule has 0 aliphatic carbocycles. The molecule has 122 valence electrons. The van der Waals surface area contributed by atoms with E-state index >= 15 is 0 Å². The van der Waals surface area contributed by atoms with E-state index in [-0.39, 0.29) is 31.0 Å². The van der Waals surface area contributed by atoms with Crippen LogP contribution in [0.2, 0.25) is 0 Å². The lowest BCUT2D eigenvalue weighted by atomic mass is 10.0. The lowest BCUT2D eigenvalue weighted by molar-refractivity contribution is -0.127. The second-order valence-electron chi connectivity index (χ2n) is 5.51. The fraction of sp³-hybridized carbons (Fsp3) is 0.500. The lowest BCUT2D eigenvalue weighted by Gasteiger charge is -2.18. The minimum absolute atomic E-state index is 0.0648. The average Bonchev–Trinajstić information content (AvgIpc) is 2.50. The van der Waals surface area contributed by atoms with Crippen LogP contribution in [0.25, 0.3) is 0 Å². The van der Waals surface area contributed by atoms with Crippen molar-refractivity contribution in [2.24, 2.45) is 11.7 Å². The Morgan fingerprint density at radius 3 is 2.45 bits per heavy atom. The Hall–Kier alpha value is -2.08. The molecule has 0 aliphatic heterocycles. The molecule has 1 aromatic rings. The van der Waals surface area contributed by atoms with Crippen LogP contribution in [0.3, 0.4) is 0 Å². The Labute approximate surface area is 131 Å². The molecule has 22 heavy (non-hydrogen) atoms. The van der Waals surface area contributed by atoms with Crippen molar-refractivity contribution in [2.45, 2.75) is 26.3 Å². The molecule has 0 heterocycles. The van der Waals surface area contributed by atoms with Gasteiger partial charge in [-0.3, -0.25) is 9.59 Å². The zero-order valence-electron chi connectivity index (χ0n) is 13.2. The first-order chi connectivity index (χ1) is 10.5. The molecule has 0 fully saturated rings. The summed E-state index contributed by atoms with van der Waals surface area (Å²) in [5, 5.41) is 5.33. The standard InChI is InChI=1S/C16H25N3O3/c1-12(2)8-13(9-17)19-15(20)10-18-16(21)11-22-14-6-4-3-5-7-14/h3-7,12-13H,8-11,17H2,1-2H3,(H,18,21)(H,19,20). The summed E-state index contributed by atoms with van der Waals surface area (Å²) in [6.45, 7) is 4.32. The van der Waals surface area contributed by atoms with Gasteiger partial charge in [-0.15, -0.1) is 0 Å². The van der Waals surface area contributed by atoms with Crippen LogP contribution < -0.4 is 21.1 Å². The monoisotopic (exact) mass is 307 g/mol. The molecule has 1 atom stereocenters. The highest BCUT2D eigenvalue weighted by Gasteiger charge is 2.13. The maximum Gasteiger partial charge on any atom is 0.258 e. The maximum atomic E-state index is 11.8. The van der Waals surface area contributed by atoms with Gasteiger partial charge in [0.2, 0.25) is 5.91 Å². The highest BCUT2D eigenvalue weighted by molar-refractivity contribution is 5.85. The molecule has 1 aromatic carbocycles. The van der Waals surface area contributed by atoms with Crippen molar-refractivity contribution < 1.29 is 14.3 Å². The Bertz CT molecular complexity index is 463. The predicted octanol–water partition coefficient (Wildman–Crippen LogP) is 0.671. The third-order valence-electron chi connectivity index (χ3n) is 2.96. The van der Waals surface area contributed by atoms with Gasteiger partial charge in [0.05, 0.1) is 6.54 Å². The molecule has 0 aliphatic rings. The highest BCUT2D eigenvalue weighted by Crippen LogP contribution is 2.07. The fourth-order valence-corrected chi connectivity index (χ4v) is 1.96. The minimum Gasteiger partial charge on any atom is -0.484 e. The SMILES string of the molecule is CC(C)CC(CN)NC(=O)CNC(=O)COc1ccccc1. The zero-order chi connectivity index (χ0) is 16.4. The van der Waals surface area contributed by atoms with Crippen molar-refractivity contribution in [3.63, 3.8) is 0 Å². The number of nitrogens with one attached hydrogen (secondary N) is 2. The summed E-state index contributed by atoms with van der Waals surface area (Å²) in [5.41, 5.74) is 5.62. The molecule has 1 rings (SSSR count). The summed E-state index contributed by atoms with van der Waals surface area (Å²) in [5.74, 6) is 0.473. The van der Waals surface area contributed by atoms with E-state index in [2.05, 4.69) is 24.5 Å². The third-order valence-corrected chi connectivity index (χ3v) is 2.96. The number of benzene rings is 1. The van der Waals surface area contributed by atoms with Crippen molar-refractivity contribution >= 4 is 11.8 Å². The fourth-order valence-electron chi connectivity index (χ4n) is 1.96. The lowest BCUT2D eigenvalue weighted by Crippen LogP contribution is -2.46. The van der Waals surface area contributed by atoms with Crippen molar-refractivity contribution in [1.29, 1.82) is 0 Å². The van der Waals surface area contributed by atoms with E-state index < -0.39 is 0 Å². The molecule has 0 spiro atoms. The summed E-state index contributed by atoms with van der Waals surface area (Å²) in [6.07, 6.45) is 0.813. The number of para-hydroxylation sites is 1. The van der Waals surface area contributed by atoms with Crippen LogP contribution in [-0.2, 0) is 9.59 Å². The van der Waals surface area contributed by atoms with Crippen LogP contribution in [0.4, 0.5) is 0 Å². The van der Waals surface area contributed by atoms with Crippen molar-refractivity contribution in [2.75, 3.05) is 19.7 Å². The molecule has 2 amide bonds. The molecule has 0 saturated heterocycles. The van der Waals surface area contributed by atoms with Gasteiger partial charge in [-0.2, -0.15) is 0 Å². The Kier molecular flexibility index (Phi) is 7.99. The van der Waals surface area contributed by atoms with E-state index in [0.717, 1.165) is 6.42 Å². The van der Waals surface area contributed by atoms with Gasteiger partial charge < -0.3 is 21.1 Å². The predicted molar refractivity (Wildman–Crippen MR) is 85.4 cm³/mol. The van der Waals surface area contributed by atoms with E-state index in [0.29, 0.717) is 18.2 Å². The summed E-state index contributed by atoms with van der Waals surface area (Å²) in [7, 11) is 0. The number of ether oxygens (including phenoxy) is 1. The number of hydrogen-bond donors (Lipinski definition) is 3. The Morgan fingerprint density at radius 2 is 1.86 bits per heavy atom. The van der Waals surface area contributed by atoms with E-state index in [1.54, 1.807) is 12.1 Å². The smallest absolute Gasteiger partial charge is 0.258 e. The molecule has 6 heteroatoms. The molecule has 0 bridgehead atoms. The third kappa shape index (κ3) is 7.64. The number of amides is 2. The van der Waals surface area contributed by atoms with E-state index in [1.165, 1.54) is 0 Å². The highest BCUT2D eigenvalue weighted by atomic mass is 16.5. The number of carbonyl (C=O) groups excluding carboxylic acids is 2. The van der Waals surface area contributed by atoms with Crippen molar-refractivity contribution in [1.82, 2.24) is 10.6 Å². The van der Waals surface area contributed by atoms with Gasteiger partial charge in [0.25, 0.3) is 5.91 Å². The van der Waals surface area contributed by atoms with Crippen molar-refractivity contribution in [3.8, 4) is 5.75 Å². The minimum atomic E-state index is -0.341. The first-order valence-corrected chi connectivity index (χ1v) is 7.45. The van der Waals surface area contributed by atoms with E-state index in [4.69, 9.17) is 10.5 Å². The molecule has 0 saturated carbocycles. The van der Waals surface area contributed by atoms with Crippen LogP contribution >= 0.6 is 0 Å².